The molecule has 116 valence electrons. The van der Waals surface area contributed by atoms with E-state index in [4.69, 9.17) is 4.74 Å². The monoisotopic (exact) mass is 355 g/mol. The van der Waals surface area contributed by atoms with Crippen molar-refractivity contribution in [1.82, 2.24) is 9.78 Å². The molecule has 1 saturated heterocycles. The third-order valence-electron chi connectivity index (χ3n) is 4.59. The van der Waals surface area contributed by atoms with E-state index >= 15 is 0 Å². The predicted molar refractivity (Wildman–Crippen MR) is 85.6 cm³/mol. The number of aromatic nitrogens is 2. The number of halogens is 1. The predicted octanol–water partition coefficient (Wildman–Crippen LogP) is 2.79. The van der Waals surface area contributed by atoms with Crippen molar-refractivity contribution in [3.05, 3.63) is 21.0 Å². The fourth-order valence-electron chi connectivity index (χ4n) is 2.93. The molecule has 2 heterocycles. The van der Waals surface area contributed by atoms with Crippen molar-refractivity contribution >= 4 is 21.6 Å². The Bertz CT molecular complexity index is 563. The highest BCUT2D eigenvalue weighted by Crippen LogP contribution is 2.28. The van der Waals surface area contributed by atoms with E-state index in [0.717, 1.165) is 30.5 Å². The van der Waals surface area contributed by atoms with Crippen LogP contribution in [0.2, 0.25) is 0 Å². The topological polar surface area (TPSA) is 56.2 Å². The van der Waals surface area contributed by atoms with Gasteiger partial charge >= 0.3 is 0 Å². The molecule has 0 spiro atoms. The molecule has 6 heteroatoms. The summed E-state index contributed by atoms with van der Waals surface area (Å²) in [6.07, 6.45) is 7.51. The van der Waals surface area contributed by atoms with Crippen LogP contribution >= 0.6 is 15.9 Å². The Labute approximate surface area is 133 Å². The smallest absolute Gasteiger partial charge is 0.291 e. The molecular weight excluding hydrogens is 334 g/mol. The van der Waals surface area contributed by atoms with Crippen molar-refractivity contribution in [3.8, 4) is 0 Å². The van der Waals surface area contributed by atoms with Crippen LogP contribution in [0.1, 0.15) is 39.0 Å². The number of hydrogen-bond donors (Lipinski definition) is 1. The first-order valence-corrected chi connectivity index (χ1v) is 8.50. The first-order valence-electron chi connectivity index (χ1n) is 7.71. The third kappa shape index (κ3) is 3.31. The van der Waals surface area contributed by atoms with Crippen LogP contribution in [0.5, 0.6) is 0 Å². The van der Waals surface area contributed by atoms with Crippen molar-refractivity contribution in [2.24, 2.45) is 5.92 Å². The molecule has 1 aromatic heterocycles. The van der Waals surface area contributed by atoms with Crippen LogP contribution in [0, 0.1) is 5.92 Å². The summed E-state index contributed by atoms with van der Waals surface area (Å²) >= 11 is 3.43. The van der Waals surface area contributed by atoms with E-state index in [1.165, 1.54) is 19.3 Å². The van der Waals surface area contributed by atoms with Gasteiger partial charge in [0.05, 0.1) is 16.3 Å². The van der Waals surface area contributed by atoms with E-state index < -0.39 is 0 Å². The van der Waals surface area contributed by atoms with Crippen LogP contribution < -0.4 is 10.9 Å². The van der Waals surface area contributed by atoms with Crippen molar-refractivity contribution in [3.63, 3.8) is 0 Å². The molecule has 3 rings (SSSR count). The average molecular weight is 356 g/mol. The Morgan fingerprint density at radius 1 is 1.52 bits per heavy atom. The Morgan fingerprint density at radius 2 is 2.33 bits per heavy atom. The van der Waals surface area contributed by atoms with E-state index in [1.54, 1.807) is 10.9 Å². The van der Waals surface area contributed by atoms with Crippen LogP contribution in [-0.2, 0) is 11.3 Å². The number of anilines is 1. The van der Waals surface area contributed by atoms with Gasteiger partial charge < -0.3 is 10.1 Å². The van der Waals surface area contributed by atoms with Gasteiger partial charge in [-0.2, -0.15) is 5.10 Å². The lowest BCUT2D eigenvalue weighted by Gasteiger charge is -2.26. The summed E-state index contributed by atoms with van der Waals surface area (Å²) in [6.45, 7) is 4.28. The van der Waals surface area contributed by atoms with Gasteiger partial charge in [-0.05, 0) is 54.5 Å². The normalized spacial score (nSPS) is 25.8. The van der Waals surface area contributed by atoms with E-state index in [1.807, 2.05) is 0 Å². The van der Waals surface area contributed by atoms with Gasteiger partial charge in [-0.15, -0.1) is 0 Å². The minimum absolute atomic E-state index is 0.0436. The maximum Gasteiger partial charge on any atom is 0.291 e. The number of hydrogen-bond acceptors (Lipinski definition) is 4. The molecule has 5 nitrogen and oxygen atoms in total. The zero-order chi connectivity index (χ0) is 14.9. The fourth-order valence-corrected chi connectivity index (χ4v) is 3.33. The van der Waals surface area contributed by atoms with E-state index in [2.05, 4.69) is 33.3 Å². The second-order valence-electron chi connectivity index (χ2n) is 6.41. The zero-order valence-corrected chi connectivity index (χ0v) is 14.0. The molecule has 1 unspecified atom stereocenters. The summed E-state index contributed by atoms with van der Waals surface area (Å²) in [4.78, 5) is 12.5. The number of rotatable bonds is 5. The molecule has 2 aliphatic rings. The summed E-state index contributed by atoms with van der Waals surface area (Å²) in [5.41, 5.74) is 0.382. The molecule has 1 saturated carbocycles. The highest BCUT2D eigenvalue weighted by atomic mass is 79.9. The second-order valence-corrected chi connectivity index (χ2v) is 7.26. The number of nitrogens with one attached hydrogen (secondary N) is 1. The summed E-state index contributed by atoms with van der Waals surface area (Å²) < 4.78 is 8.07. The van der Waals surface area contributed by atoms with Crippen LogP contribution in [0.25, 0.3) is 0 Å². The first kappa shape index (κ1) is 15.0. The van der Waals surface area contributed by atoms with E-state index in [9.17, 15) is 4.79 Å². The Hall–Kier alpha value is -0.880. The lowest BCUT2D eigenvalue weighted by molar-refractivity contribution is 0.0315. The summed E-state index contributed by atoms with van der Waals surface area (Å²) in [6, 6.07) is 0. The third-order valence-corrected chi connectivity index (χ3v) is 5.19. The fraction of sp³-hybridized carbons (Fsp3) is 0.733. The summed E-state index contributed by atoms with van der Waals surface area (Å²) in [7, 11) is 0. The molecule has 1 atom stereocenters. The lowest BCUT2D eigenvalue weighted by Crippen LogP contribution is -2.36. The largest absolute Gasteiger partial charge is 0.377 e. The van der Waals surface area contributed by atoms with Gasteiger partial charge in [-0.1, -0.05) is 6.42 Å². The van der Waals surface area contributed by atoms with E-state index in [0.29, 0.717) is 18.2 Å². The maximum absolute atomic E-state index is 12.5. The molecule has 0 amide bonds. The minimum Gasteiger partial charge on any atom is -0.377 e. The van der Waals surface area contributed by atoms with Crippen molar-refractivity contribution in [2.75, 3.05) is 18.5 Å². The average Bonchev–Trinajstić information content (AvgIpc) is 2.83. The number of ether oxygens (including phenoxy) is 1. The van der Waals surface area contributed by atoms with Gasteiger partial charge in [0.2, 0.25) is 0 Å². The minimum atomic E-state index is -0.173. The zero-order valence-electron chi connectivity index (χ0n) is 12.4. The van der Waals surface area contributed by atoms with Crippen LogP contribution in [-0.4, -0.2) is 28.5 Å². The lowest BCUT2D eigenvalue weighted by atomic mass is 9.85. The molecule has 0 radical (unpaired) electrons. The SMILES string of the molecule is CC1(CNc2c(Br)cnn(CC3CCC3)c2=O)CCCO1. The van der Waals surface area contributed by atoms with Crippen LogP contribution in [0.3, 0.4) is 0 Å². The molecule has 0 bridgehead atoms. The first-order chi connectivity index (χ1) is 10.1. The van der Waals surface area contributed by atoms with Gasteiger partial charge in [-0.3, -0.25) is 4.79 Å². The van der Waals surface area contributed by atoms with Gasteiger partial charge in [0.15, 0.2) is 0 Å². The van der Waals surface area contributed by atoms with Gasteiger partial charge in [0.25, 0.3) is 5.56 Å². The van der Waals surface area contributed by atoms with Crippen LogP contribution in [0.4, 0.5) is 5.69 Å². The molecule has 1 aliphatic carbocycles. The van der Waals surface area contributed by atoms with Crippen molar-refractivity contribution in [2.45, 2.75) is 51.2 Å². The molecule has 21 heavy (non-hydrogen) atoms. The van der Waals surface area contributed by atoms with Crippen LogP contribution in [0.15, 0.2) is 15.5 Å². The van der Waals surface area contributed by atoms with Gasteiger partial charge in [0.1, 0.15) is 5.69 Å². The molecule has 2 fully saturated rings. The Morgan fingerprint density at radius 3 is 2.95 bits per heavy atom. The summed E-state index contributed by atoms with van der Waals surface area (Å²) in [5, 5.41) is 7.51. The van der Waals surface area contributed by atoms with Gasteiger partial charge in [0, 0.05) is 19.7 Å². The van der Waals surface area contributed by atoms with Gasteiger partial charge in [-0.25, -0.2) is 4.68 Å². The van der Waals surface area contributed by atoms with Crippen molar-refractivity contribution < 1.29 is 4.74 Å². The maximum atomic E-state index is 12.5. The van der Waals surface area contributed by atoms with Crippen molar-refractivity contribution in [1.29, 1.82) is 0 Å². The Kier molecular flexibility index (Phi) is 4.36. The number of nitrogens with zero attached hydrogens (tertiary/aromatic N) is 2. The standard InChI is InChI=1S/C15H22BrN3O2/c1-15(6-3-7-21-15)10-17-13-12(16)8-18-19(14(13)20)9-11-4-2-5-11/h8,11,17H,2-7,9-10H2,1H3. The molecule has 1 N–H and O–H groups in total. The molecule has 1 aromatic rings. The molecule has 1 aliphatic heterocycles. The highest BCUT2D eigenvalue weighted by molar-refractivity contribution is 9.10. The Balaban J connectivity index is 1.73. The summed E-state index contributed by atoms with van der Waals surface area (Å²) in [5.74, 6) is 0.611. The second kappa shape index (κ2) is 6.08. The molecule has 0 aromatic carbocycles. The molecular formula is C15H22BrN3O2. The quantitative estimate of drug-likeness (QED) is 0.882. The highest BCUT2D eigenvalue weighted by Gasteiger charge is 2.30. The van der Waals surface area contributed by atoms with E-state index in [-0.39, 0.29) is 11.2 Å².